The highest BCUT2D eigenvalue weighted by Gasteiger charge is 2.19. The first kappa shape index (κ1) is 17.2. The molecule has 0 fully saturated rings. The second kappa shape index (κ2) is 7.79. The third-order valence-corrected chi connectivity index (χ3v) is 3.99. The van der Waals surface area contributed by atoms with Gasteiger partial charge in [-0.3, -0.25) is 9.59 Å². The Kier molecular flexibility index (Phi) is 6.38. The fraction of sp³-hybridized carbons (Fsp3) is 0.467. The molecule has 1 aromatic heterocycles. The van der Waals surface area contributed by atoms with Crippen LogP contribution in [0.15, 0.2) is 11.1 Å². The molecule has 1 aromatic rings. The van der Waals surface area contributed by atoms with Gasteiger partial charge in [-0.05, 0) is 33.3 Å². The molecular weight excluding hydrogens is 286 g/mol. The molecule has 21 heavy (non-hydrogen) atoms. The van der Waals surface area contributed by atoms with E-state index in [1.54, 1.807) is 19.9 Å². The number of Topliss-reactive ketones (excluding diaryl/α,β-unsaturated/α-hetero) is 1. The summed E-state index contributed by atoms with van der Waals surface area (Å²) >= 11 is 1.23. The zero-order valence-corrected chi connectivity index (χ0v) is 13.5. The maximum Gasteiger partial charge on any atom is 0.233 e. The van der Waals surface area contributed by atoms with E-state index >= 15 is 0 Å². The molecule has 1 rings (SSSR count). The summed E-state index contributed by atoms with van der Waals surface area (Å²) < 4.78 is 0. The van der Waals surface area contributed by atoms with Crippen molar-refractivity contribution in [3.05, 3.63) is 22.9 Å². The molecule has 0 aliphatic heterocycles. The third-order valence-electron chi connectivity index (χ3n) is 2.88. The number of nitrogens with one attached hydrogen (secondary N) is 1. The van der Waals surface area contributed by atoms with E-state index in [0.717, 1.165) is 6.42 Å². The number of aromatic nitrogens is 1. The average Bonchev–Trinajstić information content (AvgIpc) is 2.44. The Morgan fingerprint density at radius 3 is 2.71 bits per heavy atom. The van der Waals surface area contributed by atoms with Crippen LogP contribution in [0.3, 0.4) is 0 Å². The first-order valence-corrected chi connectivity index (χ1v) is 7.65. The molecule has 1 amide bonds. The summed E-state index contributed by atoms with van der Waals surface area (Å²) in [6, 6.07) is 3.58. The molecule has 1 N–H and O–H groups in total. The predicted molar refractivity (Wildman–Crippen MR) is 82.3 cm³/mol. The second-order valence-electron chi connectivity index (χ2n) is 4.69. The molecular formula is C15H19N3O2S. The molecule has 5 nitrogen and oxygen atoms in total. The number of aryl methyl sites for hydroxylation is 1. The van der Waals surface area contributed by atoms with Gasteiger partial charge in [0, 0.05) is 17.8 Å². The van der Waals surface area contributed by atoms with Crippen molar-refractivity contribution < 1.29 is 9.59 Å². The molecule has 0 saturated heterocycles. The topological polar surface area (TPSA) is 82.8 Å². The number of nitriles is 1. The summed E-state index contributed by atoms with van der Waals surface area (Å²) in [5, 5.41) is 12.1. The maximum atomic E-state index is 11.9. The minimum absolute atomic E-state index is 0.0826. The lowest BCUT2D eigenvalue weighted by atomic mass is 10.1. The normalized spacial score (nSPS) is 11.6. The van der Waals surface area contributed by atoms with Gasteiger partial charge in [-0.15, -0.1) is 0 Å². The smallest absolute Gasteiger partial charge is 0.233 e. The molecule has 1 unspecified atom stereocenters. The molecule has 0 aliphatic carbocycles. The Labute approximate surface area is 129 Å². The van der Waals surface area contributed by atoms with Crippen molar-refractivity contribution in [3.63, 3.8) is 0 Å². The molecule has 0 saturated carbocycles. The van der Waals surface area contributed by atoms with Gasteiger partial charge in [-0.25, -0.2) is 4.98 Å². The number of amides is 1. The van der Waals surface area contributed by atoms with Crippen molar-refractivity contribution in [3.8, 4) is 6.07 Å². The van der Waals surface area contributed by atoms with Crippen molar-refractivity contribution in [2.24, 2.45) is 0 Å². The van der Waals surface area contributed by atoms with Gasteiger partial charge in [0.2, 0.25) is 5.91 Å². The number of carbonyl (C=O) groups excluding carboxylic acids is 2. The lowest BCUT2D eigenvalue weighted by Gasteiger charge is -2.13. The van der Waals surface area contributed by atoms with Crippen molar-refractivity contribution in [2.75, 3.05) is 6.54 Å². The lowest BCUT2D eigenvalue weighted by molar-refractivity contribution is -0.120. The van der Waals surface area contributed by atoms with Gasteiger partial charge in [0.25, 0.3) is 0 Å². The van der Waals surface area contributed by atoms with Gasteiger partial charge >= 0.3 is 0 Å². The first-order valence-electron chi connectivity index (χ1n) is 6.77. The summed E-state index contributed by atoms with van der Waals surface area (Å²) in [4.78, 5) is 27.7. The first-order chi connectivity index (χ1) is 9.90. The molecule has 1 atom stereocenters. The lowest BCUT2D eigenvalue weighted by Crippen LogP contribution is -2.31. The molecule has 0 spiro atoms. The number of pyridine rings is 1. The standard InChI is InChI=1S/C15H19N3O2S/c1-5-6-17-14(20)11(4)21-15-12(8-16)7-13(10(3)19)9(2)18-15/h7,11H,5-6H2,1-4H3,(H,17,20). The molecule has 0 radical (unpaired) electrons. The highest BCUT2D eigenvalue weighted by molar-refractivity contribution is 8.00. The molecule has 0 bridgehead atoms. The molecule has 0 aliphatic rings. The van der Waals surface area contributed by atoms with Crippen LogP contribution in [-0.4, -0.2) is 28.5 Å². The van der Waals surface area contributed by atoms with Gasteiger partial charge in [-0.2, -0.15) is 5.26 Å². The zero-order valence-electron chi connectivity index (χ0n) is 12.7. The predicted octanol–water partition coefficient (Wildman–Crippen LogP) is 2.47. The quantitative estimate of drug-likeness (QED) is 0.645. The average molecular weight is 305 g/mol. The maximum absolute atomic E-state index is 11.9. The van der Waals surface area contributed by atoms with Crippen molar-refractivity contribution >= 4 is 23.5 Å². The van der Waals surface area contributed by atoms with Gasteiger partial charge in [0.1, 0.15) is 11.1 Å². The monoisotopic (exact) mass is 305 g/mol. The van der Waals surface area contributed by atoms with E-state index in [1.807, 2.05) is 13.0 Å². The van der Waals surface area contributed by atoms with Crippen LogP contribution in [0.5, 0.6) is 0 Å². The molecule has 112 valence electrons. The Hall–Kier alpha value is -1.87. The highest BCUT2D eigenvalue weighted by Crippen LogP contribution is 2.26. The summed E-state index contributed by atoms with van der Waals surface area (Å²) in [6.07, 6.45) is 0.872. The minimum Gasteiger partial charge on any atom is -0.355 e. The zero-order chi connectivity index (χ0) is 16.0. The largest absolute Gasteiger partial charge is 0.355 e. The van der Waals surface area contributed by atoms with Crippen LogP contribution in [0, 0.1) is 18.3 Å². The molecule has 1 heterocycles. The number of hydrogen-bond acceptors (Lipinski definition) is 5. The number of carbonyl (C=O) groups is 2. The van der Waals surface area contributed by atoms with Gasteiger partial charge in [-0.1, -0.05) is 18.7 Å². The van der Waals surface area contributed by atoms with Crippen molar-refractivity contribution in [2.45, 2.75) is 44.4 Å². The summed E-state index contributed by atoms with van der Waals surface area (Å²) in [6.45, 7) is 7.55. The minimum atomic E-state index is -0.348. The molecule has 6 heteroatoms. The summed E-state index contributed by atoms with van der Waals surface area (Å²) in [5.41, 5.74) is 1.34. The SMILES string of the molecule is CCCNC(=O)C(C)Sc1nc(C)c(C(C)=O)cc1C#N. The van der Waals surface area contributed by atoms with Crippen LogP contribution in [-0.2, 0) is 4.79 Å². The Morgan fingerprint density at radius 1 is 1.52 bits per heavy atom. The van der Waals surface area contributed by atoms with E-state index in [9.17, 15) is 14.9 Å². The van der Waals surface area contributed by atoms with Crippen molar-refractivity contribution in [1.82, 2.24) is 10.3 Å². The fourth-order valence-electron chi connectivity index (χ4n) is 1.72. The van der Waals surface area contributed by atoms with E-state index in [-0.39, 0.29) is 16.9 Å². The number of nitrogens with zero attached hydrogens (tertiary/aromatic N) is 2. The summed E-state index contributed by atoms with van der Waals surface area (Å²) in [5.74, 6) is -0.206. The molecule has 0 aromatic carbocycles. The van der Waals surface area contributed by atoms with Crippen LogP contribution in [0.1, 0.15) is 48.8 Å². The van der Waals surface area contributed by atoms with Crippen molar-refractivity contribution in [1.29, 1.82) is 5.26 Å². The van der Waals surface area contributed by atoms with Gasteiger partial charge in [0.15, 0.2) is 5.78 Å². The van der Waals surface area contributed by atoms with Gasteiger partial charge < -0.3 is 5.32 Å². The fourth-order valence-corrected chi connectivity index (χ4v) is 2.67. The van der Waals surface area contributed by atoms with Crippen LogP contribution >= 0.6 is 11.8 Å². The number of rotatable bonds is 6. The Balaban J connectivity index is 2.98. The third kappa shape index (κ3) is 4.57. The number of ketones is 1. The second-order valence-corrected chi connectivity index (χ2v) is 6.02. The van der Waals surface area contributed by atoms with E-state index in [0.29, 0.717) is 28.4 Å². The van der Waals surface area contributed by atoms with E-state index in [2.05, 4.69) is 10.3 Å². The van der Waals surface area contributed by atoms with Gasteiger partial charge in [0.05, 0.1) is 10.8 Å². The summed E-state index contributed by atoms with van der Waals surface area (Å²) in [7, 11) is 0. The van der Waals surface area contributed by atoms with E-state index in [1.165, 1.54) is 18.7 Å². The van der Waals surface area contributed by atoms with Crippen LogP contribution in [0.4, 0.5) is 0 Å². The number of thioether (sulfide) groups is 1. The van der Waals surface area contributed by atoms with Crippen LogP contribution in [0.2, 0.25) is 0 Å². The van der Waals surface area contributed by atoms with E-state index in [4.69, 9.17) is 0 Å². The highest BCUT2D eigenvalue weighted by atomic mass is 32.2. The number of hydrogen-bond donors (Lipinski definition) is 1. The Morgan fingerprint density at radius 2 is 2.19 bits per heavy atom. The van der Waals surface area contributed by atoms with Crippen LogP contribution in [0.25, 0.3) is 0 Å². The Bertz CT molecular complexity index is 593. The van der Waals surface area contributed by atoms with E-state index < -0.39 is 0 Å². The van der Waals surface area contributed by atoms with Crippen LogP contribution < -0.4 is 5.32 Å².